The largest absolute Gasteiger partial charge is 0.460 e. The summed E-state index contributed by atoms with van der Waals surface area (Å²) in [4.78, 5) is 178. The van der Waals surface area contributed by atoms with Gasteiger partial charge in [0.2, 0.25) is 41.4 Å². The van der Waals surface area contributed by atoms with Crippen LogP contribution >= 0.6 is 0 Å². The van der Waals surface area contributed by atoms with Crippen molar-refractivity contribution in [2.24, 2.45) is 5.92 Å². The van der Waals surface area contributed by atoms with Gasteiger partial charge in [0, 0.05) is 19.4 Å². The highest BCUT2D eigenvalue weighted by Crippen LogP contribution is 2.17. The molecule has 29 nitrogen and oxygen atoms in total. The molecule has 0 aromatic rings. The van der Waals surface area contributed by atoms with Gasteiger partial charge in [-0.1, -0.05) is 13.8 Å². The van der Waals surface area contributed by atoms with Crippen LogP contribution in [0.3, 0.4) is 0 Å². The Morgan fingerprint density at radius 2 is 0.731 bits per heavy atom. The lowest BCUT2D eigenvalue weighted by atomic mass is 10.0. The van der Waals surface area contributed by atoms with Gasteiger partial charge in [-0.25, -0.2) is 14.4 Å². The van der Waals surface area contributed by atoms with E-state index in [1.807, 2.05) is 0 Å². The van der Waals surface area contributed by atoms with E-state index < -0.39 is 204 Å². The van der Waals surface area contributed by atoms with Crippen LogP contribution in [-0.4, -0.2) is 179 Å². The number of ether oxygens (including phenoxy) is 7. The zero-order valence-electron chi connectivity index (χ0n) is 59.8. The highest BCUT2D eigenvalue weighted by molar-refractivity contribution is 5.98. The summed E-state index contributed by atoms with van der Waals surface area (Å²) in [6.45, 7) is 38.0. The van der Waals surface area contributed by atoms with Crippen molar-refractivity contribution in [3.63, 3.8) is 0 Å². The summed E-state index contributed by atoms with van der Waals surface area (Å²) in [5, 5.41) is 22.7. The minimum atomic E-state index is -1.86. The Hall–Kier alpha value is -7.33. The molecule has 0 radical (unpaired) electrons. The first-order chi connectivity index (χ1) is 42.0. The van der Waals surface area contributed by atoms with Gasteiger partial charge in [0.15, 0.2) is 0 Å². The van der Waals surface area contributed by atoms with Crippen LogP contribution in [0.4, 0.5) is 9.59 Å². The molecule has 0 saturated carbocycles. The number of amides is 9. The van der Waals surface area contributed by atoms with Gasteiger partial charge in [-0.3, -0.25) is 47.9 Å². The molecule has 0 aliphatic rings. The zero-order chi connectivity index (χ0) is 72.4. The van der Waals surface area contributed by atoms with Gasteiger partial charge >= 0.3 is 36.1 Å². The lowest BCUT2D eigenvalue weighted by Gasteiger charge is -2.29. The van der Waals surface area contributed by atoms with E-state index in [-0.39, 0.29) is 31.7 Å². The first-order valence-corrected chi connectivity index (χ1v) is 31.6. The molecule has 0 aromatic carbocycles. The minimum absolute atomic E-state index is 0.00244. The molecule has 9 amide bonds. The first kappa shape index (κ1) is 85.7. The van der Waals surface area contributed by atoms with Crippen LogP contribution in [0, 0.1) is 5.92 Å². The van der Waals surface area contributed by atoms with E-state index in [4.69, 9.17) is 33.2 Å². The fraction of sp³-hybridized carbons (Fsp3) is 0.797. The standard InChI is InChI=1S/C64H113N9O20/c1-37(2)33-42(52(81)67-38(3)55(84)91-62(16,17)18)71-54(83)44(36-87-58(4,5)6)72-51(80)41(29-31-47(76)89-60(10,11)12)69-50(79)40(28-30-46(75)88-59(7,8)9)70-53(82)43(34-48(77)90-61(13,14)15)68-45(74)35-66-49(78)39(73-57(86)93-64(22,23)24)27-25-26-32-65-56(85)92-63(19,20)21/h37-44H,25-36H2,1-24H3,(H,65,85)(H,66,78)(H,67,81)(H,68,74)(H,69,79)(H,70,82)(H,71,83)(H,72,80)(H,73,86)/t38-,39-,40-,41-,42-,43-,44-/m0/s1. The molecule has 93 heavy (non-hydrogen) atoms. The highest BCUT2D eigenvalue weighted by atomic mass is 16.6. The Morgan fingerprint density at radius 1 is 0.344 bits per heavy atom. The molecule has 0 unspecified atom stereocenters. The summed E-state index contributed by atoms with van der Waals surface area (Å²) in [6.07, 6.45) is -3.83. The number of carbonyl (C=O) groups excluding carboxylic acids is 13. The van der Waals surface area contributed by atoms with Crippen molar-refractivity contribution < 1.29 is 95.5 Å². The Kier molecular flexibility index (Phi) is 34.6. The van der Waals surface area contributed by atoms with Crippen LogP contribution in [0.15, 0.2) is 0 Å². The van der Waals surface area contributed by atoms with Crippen molar-refractivity contribution >= 4 is 77.4 Å². The third-order valence-electron chi connectivity index (χ3n) is 11.6. The molecular formula is C64H113N9O20. The number of nitrogens with one attached hydrogen (secondary N) is 9. The summed E-state index contributed by atoms with van der Waals surface area (Å²) in [6, 6.07) is -10.7. The Labute approximate surface area is 550 Å². The smallest absolute Gasteiger partial charge is 0.408 e. The molecule has 0 rings (SSSR count). The molecule has 29 heteroatoms. The predicted molar refractivity (Wildman–Crippen MR) is 343 cm³/mol. The van der Waals surface area contributed by atoms with Gasteiger partial charge < -0.3 is 81.0 Å². The van der Waals surface area contributed by atoms with Gasteiger partial charge in [-0.15, -0.1) is 0 Å². The van der Waals surface area contributed by atoms with Crippen molar-refractivity contribution in [1.29, 1.82) is 0 Å². The fourth-order valence-corrected chi connectivity index (χ4v) is 7.91. The SMILES string of the molecule is CC(C)C[C@H](NC(=O)[C@H](COC(C)(C)C)NC(=O)[C@H](CCC(=O)OC(C)(C)C)NC(=O)[C@H](CCC(=O)OC(C)(C)C)NC(=O)[C@H](CC(=O)OC(C)(C)C)NC(=O)CNC(=O)[C@H](CCCCNC(=O)OC(C)(C)C)NC(=O)OC(C)(C)C)C(=O)N[C@@H](C)C(=O)OC(C)(C)C. The highest BCUT2D eigenvalue weighted by Gasteiger charge is 2.37. The molecule has 0 fully saturated rings. The zero-order valence-corrected chi connectivity index (χ0v) is 59.8. The van der Waals surface area contributed by atoms with Crippen LogP contribution in [0.5, 0.6) is 0 Å². The second-order valence-corrected chi connectivity index (χ2v) is 30.1. The van der Waals surface area contributed by atoms with Gasteiger partial charge in [0.25, 0.3) is 0 Å². The lowest BCUT2D eigenvalue weighted by molar-refractivity contribution is -0.158. The number of esters is 4. The number of hydrogen-bond donors (Lipinski definition) is 9. The predicted octanol–water partition coefficient (Wildman–Crippen LogP) is 4.80. The van der Waals surface area contributed by atoms with Crippen molar-refractivity contribution in [1.82, 2.24) is 47.9 Å². The lowest BCUT2D eigenvalue weighted by Crippen LogP contribution is -2.61. The molecule has 7 atom stereocenters. The van der Waals surface area contributed by atoms with E-state index in [0.717, 1.165) is 0 Å². The summed E-state index contributed by atoms with van der Waals surface area (Å²) in [5.74, 6) is -10.5. The number of hydrogen-bond acceptors (Lipinski definition) is 20. The van der Waals surface area contributed by atoms with E-state index in [1.54, 1.807) is 159 Å². The average Bonchev–Trinajstić information content (AvgIpc) is 0.900. The number of carbonyl (C=O) groups is 13. The van der Waals surface area contributed by atoms with Crippen LogP contribution in [0.25, 0.3) is 0 Å². The third-order valence-corrected chi connectivity index (χ3v) is 11.6. The first-order valence-electron chi connectivity index (χ1n) is 31.6. The maximum Gasteiger partial charge on any atom is 0.408 e. The van der Waals surface area contributed by atoms with E-state index >= 15 is 0 Å². The number of unbranched alkanes of at least 4 members (excludes halogenated alkanes) is 1. The Bertz CT molecular complexity index is 2540. The second-order valence-electron chi connectivity index (χ2n) is 30.1. The van der Waals surface area contributed by atoms with Crippen molar-refractivity contribution in [2.45, 2.75) is 305 Å². The quantitative estimate of drug-likeness (QED) is 0.0242. The van der Waals surface area contributed by atoms with Gasteiger partial charge in [0.1, 0.15) is 75.9 Å². The molecule has 0 aromatic heterocycles. The molecular weight excluding hydrogens is 1210 g/mol. The van der Waals surface area contributed by atoms with Gasteiger partial charge in [-0.05, 0) is 197 Å². The van der Waals surface area contributed by atoms with E-state index in [2.05, 4.69) is 47.9 Å². The summed E-state index contributed by atoms with van der Waals surface area (Å²) >= 11 is 0. The number of rotatable bonds is 33. The molecule has 0 bridgehead atoms. The van der Waals surface area contributed by atoms with Crippen LogP contribution in [0.1, 0.15) is 224 Å². The summed E-state index contributed by atoms with van der Waals surface area (Å²) in [7, 11) is 0. The van der Waals surface area contributed by atoms with Crippen LogP contribution in [0.2, 0.25) is 0 Å². The van der Waals surface area contributed by atoms with Crippen molar-refractivity contribution in [3.05, 3.63) is 0 Å². The minimum Gasteiger partial charge on any atom is -0.460 e. The second kappa shape index (κ2) is 37.5. The molecule has 534 valence electrons. The molecule has 0 aliphatic carbocycles. The maximum atomic E-state index is 14.8. The summed E-state index contributed by atoms with van der Waals surface area (Å²) < 4.78 is 38.4. The van der Waals surface area contributed by atoms with E-state index in [0.29, 0.717) is 6.42 Å². The molecule has 0 heterocycles. The molecule has 0 aliphatic heterocycles. The van der Waals surface area contributed by atoms with Crippen LogP contribution < -0.4 is 47.9 Å². The van der Waals surface area contributed by atoms with E-state index in [9.17, 15) is 62.3 Å². The van der Waals surface area contributed by atoms with Gasteiger partial charge in [-0.2, -0.15) is 0 Å². The average molecular weight is 1330 g/mol. The Balaban J connectivity index is 7.47. The fourth-order valence-electron chi connectivity index (χ4n) is 7.91. The topological polar surface area (TPSA) is 395 Å². The molecule has 0 spiro atoms. The monoisotopic (exact) mass is 1330 g/mol. The van der Waals surface area contributed by atoms with E-state index in [1.165, 1.54) is 6.92 Å². The van der Waals surface area contributed by atoms with Crippen molar-refractivity contribution in [3.8, 4) is 0 Å². The number of alkyl carbamates (subject to hydrolysis) is 2. The molecule has 9 N–H and O–H groups in total. The summed E-state index contributed by atoms with van der Waals surface area (Å²) in [5.41, 5.74) is -6.59. The van der Waals surface area contributed by atoms with Crippen LogP contribution in [-0.2, 0) is 85.9 Å². The maximum absolute atomic E-state index is 14.8. The normalized spacial score (nSPS) is 14.5. The van der Waals surface area contributed by atoms with Gasteiger partial charge in [0.05, 0.1) is 25.2 Å². The van der Waals surface area contributed by atoms with Crippen molar-refractivity contribution in [2.75, 3.05) is 19.7 Å². The Morgan fingerprint density at radius 3 is 1.17 bits per heavy atom. The molecule has 0 saturated heterocycles. The third kappa shape index (κ3) is 43.2.